The molecule has 127 heavy (non-hydrogen) atoms. The number of fused-ring (bicyclic) bond motifs is 5. The molecule has 37 heteroatoms. The molecule has 1 unspecified atom stereocenters. The monoisotopic (exact) mass is 1760 g/mol. The lowest BCUT2D eigenvalue weighted by Gasteiger charge is -2.36. The van der Waals surface area contributed by atoms with Gasteiger partial charge in [0.25, 0.3) is 0 Å². The van der Waals surface area contributed by atoms with Crippen molar-refractivity contribution in [3.05, 3.63) is 120 Å². The summed E-state index contributed by atoms with van der Waals surface area (Å²) in [6, 6.07) is 3.98. The molecule has 37 nitrogen and oxygen atoms in total. The maximum atomic E-state index is 15.5. The highest BCUT2D eigenvalue weighted by atomic mass is 16.3. The SMILES string of the molecule is CCCC[C@H]1C(=O)N(C)[C@@H](CCCC)C(=O)N[C@@H](CC(C)C)C(=O)NCCCC(=O)NCC(=O)N[C@@H](Cc2ccc(O)cc2)C(=O)N(C)[C@@H](C)C(=O)N[C@@H](CC(N)=O)C(=O)N2CCC[C@H]2C(=O)N[C@@H](Cc2c[nH]cn2)C(=O)N[C@@H](CC(C)C)C(=O)C2N[C@@H](C[C@H]2O)C(=O)C[C@@H](Cc2c[nH]c3ccccc23)C(=O)NCC(=O)N[C@@H](Cc2c[nH]c3ccccc23)C(=O)N1C. The number of aliphatic hydroxyl groups is 1. The standard InChI is InChI=1S/C90H125N19O18/c1-11-13-25-70-85(122)103-65(36-51(5)6)83(120)93-33-19-28-76(114)96-47-77(115)99-67(37-53-29-31-58(110)32-30-53)87(124)106(8)52(7)81(118)105-69(43-75(91)113)89(126)109-34-20-27-71(109)86(123)104-66(41-57-46-92-49-98-57)84(121)102-64(35-50(3)4)80(117)79-74(112)42-63(101-79)73(111)40-54(38-55-44-94-61-23-17-15-21-59(55)61)82(119)97-48-78(116)100-68(39-56-45-95-62-24-18-16-22-60(56)62)88(125)108(10)72(26-14-12-2)90(127)107(70)9/h15-18,21-24,29-32,44-46,49-52,54,63-72,74,79,94-95,101,110,112H,11-14,19-20,25-28,33-43,47-48H2,1-10H3,(H2,91,113)(H,92,98)(H,93,120)(H,96,114)(H,97,119)(H,99,115)(H,100,116)(H,102,121)(H,103,122)(H,104,123)(H,105,118)/t52-,54+,63-,64-,65-,66-,67-,68-,69-,70-,71-,72-,74+,79?/m0/s1. The molecule has 14 atom stereocenters. The van der Waals surface area contributed by atoms with Gasteiger partial charge in [-0.05, 0) is 118 Å². The molecule has 2 bridgehead atoms. The van der Waals surface area contributed by atoms with Gasteiger partial charge in [0.05, 0.1) is 55.8 Å². The molecule has 0 radical (unpaired) electrons. The topological polar surface area (TPSA) is 533 Å². The van der Waals surface area contributed by atoms with Crippen LogP contribution in [-0.2, 0) is 102 Å². The molecular weight excluding hydrogens is 1640 g/mol. The van der Waals surface area contributed by atoms with Crippen molar-refractivity contribution in [3.8, 4) is 5.75 Å². The highest BCUT2D eigenvalue weighted by Gasteiger charge is 2.47. The van der Waals surface area contributed by atoms with Crippen molar-refractivity contribution in [2.24, 2.45) is 23.5 Å². The molecule has 9 rings (SSSR count). The minimum Gasteiger partial charge on any atom is -0.508 e. The summed E-state index contributed by atoms with van der Waals surface area (Å²) in [6.45, 7) is 10.9. The molecule has 6 heterocycles. The number of phenolic OH excluding ortho intramolecular Hbond substituents is 1. The number of H-pyrrole nitrogens is 3. The van der Waals surface area contributed by atoms with Gasteiger partial charge in [0.15, 0.2) is 11.6 Å². The Morgan fingerprint density at radius 1 is 0.551 bits per heavy atom. The number of aromatic hydroxyl groups is 1. The third kappa shape index (κ3) is 27.3. The van der Waals surface area contributed by atoms with Crippen molar-refractivity contribution in [2.45, 2.75) is 249 Å². The average molecular weight is 1760 g/mol. The Balaban J connectivity index is 1.02. The quantitative estimate of drug-likeness (QED) is 0.0514. The number of phenols is 1. The molecule has 3 aliphatic heterocycles. The van der Waals surface area contributed by atoms with Crippen LogP contribution < -0.4 is 58.9 Å². The number of carbonyl (C=O) groups excluding carboxylic acids is 16. The largest absolute Gasteiger partial charge is 0.508 e. The van der Waals surface area contributed by atoms with Gasteiger partial charge >= 0.3 is 0 Å². The van der Waals surface area contributed by atoms with Gasteiger partial charge in [-0.1, -0.05) is 116 Å². The number of Topliss-reactive ketones (excluding diaryl/α,β-unsaturated/α-hetero) is 2. The Kier molecular flexibility index (Phi) is 36.2. The summed E-state index contributed by atoms with van der Waals surface area (Å²) >= 11 is 0. The van der Waals surface area contributed by atoms with Crippen LogP contribution in [0.4, 0.5) is 0 Å². The molecule has 3 fully saturated rings. The van der Waals surface area contributed by atoms with Gasteiger partial charge in [-0.3, -0.25) is 82.0 Å². The number of carbonyl (C=O) groups is 16. The summed E-state index contributed by atoms with van der Waals surface area (Å²) in [5.74, 6) is -14.1. The summed E-state index contributed by atoms with van der Waals surface area (Å²) in [7, 11) is 4.16. The van der Waals surface area contributed by atoms with Gasteiger partial charge in [0.1, 0.15) is 60.1 Å². The van der Waals surface area contributed by atoms with Gasteiger partial charge in [-0.25, -0.2) is 4.98 Å². The first-order valence-corrected chi connectivity index (χ1v) is 43.9. The number of aromatic amines is 3. The maximum absolute atomic E-state index is 15.5. The third-order valence-corrected chi connectivity index (χ3v) is 23.7. The molecule has 6 aromatic rings. The maximum Gasteiger partial charge on any atom is 0.246 e. The fourth-order valence-corrected chi connectivity index (χ4v) is 16.6. The Labute approximate surface area is 738 Å². The predicted molar refractivity (Wildman–Crippen MR) is 469 cm³/mol. The first kappa shape index (κ1) is 98.4. The molecule has 688 valence electrons. The smallest absolute Gasteiger partial charge is 0.246 e. The van der Waals surface area contributed by atoms with Gasteiger partial charge < -0.3 is 98.3 Å². The van der Waals surface area contributed by atoms with Crippen LogP contribution in [0.2, 0.25) is 0 Å². The number of benzene rings is 3. The molecule has 0 saturated carbocycles. The second-order valence-corrected chi connectivity index (χ2v) is 34.4. The van der Waals surface area contributed by atoms with E-state index in [1.54, 1.807) is 32.3 Å². The third-order valence-electron chi connectivity index (χ3n) is 23.7. The molecule has 3 aromatic carbocycles. The number of unbranched alkanes of at least 4 members (excludes halogenated alkanes) is 2. The Morgan fingerprint density at radius 2 is 1.12 bits per heavy atom. The number of hydrogen-bond donors (Lipinski definition) is 16. The molecular formula is C90H125N19O18. The van der Waals surface area contributed by atoms with E-state index in [-0.39, 0.29) is 114 Å². The molecule has 3 aliphatic rings. The van der Waals surface area contributed by atoms with Gasteiger partial charge in [0, 0.05) is 113 Å². The zero-order valence-electron chi connectivity index (χ0n) is 74.0. The molecule has 14 amide bonds. The van der Waals surface area contributed by atoms with E-state index < -0.39 is 205 Å². The van der Waals surface area contributed by atoms with E-state index >= 15 is 14.4 Å². The molecule has 0 aliphatic carbocycles. The lowest BCUT2D eigenvalue weighted by molar-refractivity contribution is -0.149. The number of nitrogens with one attached hydrogen (secondary N) is 13. The number of primary amides is 1. The second-order valence-electron chi connectivity index (χ2n) is 34.4. The van der Waals surface area contributed by atoms with Crippen molar-refractivity contribution in [3.63, 3.8) is 0 Å². The fourth-order valence-electron chi connectivity index (χ4n) is 16.6. The van der Waals surface area contributed by atoms with E-state index in [2.05, 4.69) is 73.1 Å². The van der Waals surface area contributed by atoms with Crippen LogP contribution in [0.25, 0.3) is 21.8 Å². The van der Waals surface area contributed by atoms with Crippen LogP contribution in [-0.4, -0.2) is 270 Å². The number of nitrogens with zero attached hydrogens (tertiary/aromatic N) is 5. The zero-order valence-corrected chi connectivity index (χ0v) is 74.0. The second kappa shape index (κ2) is 46.7. The number of amides is 14. The van der Waals surface area contributed by atoms with Crippen molar-refractivity contribution in [2.75, 3.05) is 47.3 Å². The fraction of sp³-hybridized carbons (Fsp3) is 0.544. The number of rotatable bonds is 20. The summed E-state index contributed by atoms with van der Waals surface area (Å²) in [6.07, 6.45) is 5.19. The Bertz CT molecular complexity index is 4870. The van der Waals surface area contributed by atoms with Crippen molar-refractivity contribution >= 4 is 116 Å². The highest BCUT2D eigenvalue weighted by molar-refractivity contribution is 6.02. The minimum atomic E-state index is -1.72. The molecule has 3 aromatic heterocycles. The van der Waals surface area contributed by atoms with Crippen molar-refractivity contribution in [1.29, 1.82) is 0 Å². The van der Waals surface area contributed by atoms with E-state index in [1.807, 2.05) is 70.2 Å². The summed E-state index contributed by atoms with van der Waals surface area (Å²) in [4.78, 5) is 251. The lowest BCUT2D eigenvalue weighted by atomic mass is 9.90. The molecule has 0 spiro atoms. The zero-order chi connectivity index (χ0) is 92.5. The normalized spacial score (nSPS) is 25.4. The average Bonchev–Trinajstić information content (AvgIpc) is 1.73. The number of likely N-dealkylation sites (N-methyl/N-ethyl adjacent to an activating group) is 3. The summed E-state index contributed by atoms with van der Waals surface area (Å²) in [5, 5.41) is 50.8. The number of aromatic nitrogens is 4. The first-order valence-electron chi connectivity index (χ1n) is 43.9. The predicted octanol–water partition coefficient (Wildman–Crippen LogP) is 1.48. The molecule has 3 saturated heterocycles. The van der Waals surface area contributed by atoms with Gasteiger partial charge in [-0.2, -0.15) is 0 Å². The summed E-state index contributed by atoms with van der Waals surface area (Å²) < 4.78 is 0. The summed E-state index contributed by atoms with van der Waals surface area (Å²) in [5.41, 5.74) is 9.17. The Morgan fingerprint density at radius 3 is 1.73 bits per heavy atom. The van der Waals surface area contributed by atoms with Gasteiger partial charge in [0.2, 0.25) is 82.7 Å². The number of aliphatic hydroxyl groups excluding tert-OH is 1. The van der Waals surface area contributed by atoms with E-state index in [4.69, 9.17) is 5.73 Å². The number of ketones is 2. The van der Waals surface area contributed by atoms with Gasteiger partial charge in [-0.15, -0.1) is 0 Å². The number of imidazole rings is 1. The number of nitrogens with two attached hydrogens (primary N) is 1. The van der Waals surface area contributed by atoms with E-state index in [1.165, 1.54) is 74.7 Å². The van der Waals surface area contributed by atoms with Crippen molar-refractivity contribution < 1.29 is 86.9 Å². The van der Waals surface area contributed by atoms with Crippen LogP contribution in [0, 0.1) is 17.8 Å². The van der Waals surface area contributed by atoms with Crippen LogP contribution >= 0.6 is 0 Å². The van der Waals surface area contributed by atoms with E-state index in [0.717, 1.165) is 31.6 Å². The van der Waals surface area contributed by atoms with Crippen LogP contribution in [0.1, 0.15) is 167 Å². The first-order chi connectivity index (χ1) is 60.5. The van der Waals surface area contributed by atoms with Crippen LogP contribution in [0.3, 0.4) is 0 Å². The van der Waals surface area contributed by atoms with E-state index in [0.29, 0.717) is 48.1 Å². The van der Waals surface area contributed by atoms with Crippen LogP contribution in [0.5, 0.6) is 5.75 Å². The van der Waals surface area contributed by atoms with Crippen molar-refractivity contribution in [1.82, 2.24) is 92.7 Å². The van der Waals surface area contributed by atoms with Crippen LogP contribution in [0.15, 0.2) is 97.7 Å². The number of para-hydroxylation sites is 2. The Hall–Kier alpha value is -12.4. The molecule has 17 N–H and O–H groups in total. The minimum absolute atomic E-state index is 0.00862. The highest BCUT2D eigenvalue weighted by Crippen LogP contribution is 2.29. The number of hydrogen-bond acceptors (Lipinski definition) is 20. The lowest BCUT2D eigenvalue weighted by Crippen LogP contribution is -2.60. The van der Waals surface area contributed by atoms with E-state index in [9.17, 15) is 72.5 Å².